The van der Waals surface area contributed by atoms with E-state index in [9.17, 15) is 0 Å². The van der Waals surface area contributed by atoms with E-state index in [-0.39, 0.29) is 0 Å². The maximum absolute atomic E-state index is 4.95. The predicted octanol–water partition coefficient (Wildman–Crippen LogP) is 6.38. The number of aryl methyl sites for hydroxylation is 3. The topological polar surface area (TPSA) is 21.7 Å². The van der Waals surface area contributed by atoms with Crippen molar-refractivity contribution in [1.29, 1.82) is 0 Å². The monoisotopic (exact) mass is 398 g/mol. The van der Waals surface area contributed by atoms with Crippen molar-refractivity contribution in [3.05, 3.63) is 77.2 Å². The second kappa shape index (κ2) is 7.71. The van der Waals surface area contributed by atoms with Crippen molar-refractivity contribution in [3.63, 3.8) is 0 Å². The van der Waals surface area contributed by atoms with Crippen LogP contribution in [0.15, 0.2) is 54.7 Å². The zero-order valence-corrected chi connectivity index (χ0v) is 19.2. The van der Waals surface area contributed by atoms with Crippen molar-refractivity contribution in [3.8, 4) is 16.9 Å². The Bertz CT molecular complexity index is 1200. The molecule has 0 aliphatic heterocycles. The molecule has 2 aromatic heterocycles. The van der Waals surface area contributed by atoms with Gasteiger partial charge in [0.2, 0.25) is 5.69 Å². The third kappa shape index (κ3) is 3.32. The summed E-state index contributed by atoms with van der Waals surface area (Å²) in [5.41, 5.74) is 9.97. The Kier molecular flexibility index (Phi) is 5.23. The number of fused-ring (bicyclic) bond motifs is 1. The van der Waals surface area contributed by atoms with E-state index in [4.69, 9.17) is 4.98 Å². The van der Waals surface area contributed by atoms with Gasteiger partial charge in [0, 0.05) is 11.6 Å². The van der Waals surface area contributed by atoms with E-state index in [2.05, 4.69) is 112 Å². The Morgan fingerprint density at radius 2 is 1.50 bits per heavy atom. The average Bonchev–Trinajstić information content (AvgIpc) is 3.01. The first kappa shape index (κ1) is 20.3. The summed E-state index contributed by atoms with van der Waals surface area (Å²) in [6, 6.07) is 17.6. The van der Waals surface area contributed by atoms with Gasteiger partial charge in [-0.3, -0.25) is 4.57 Å². The summed E-state index contributed by atoms with van der Waals surface area (Å²) in [6.07, 6.45) is 2.16. The molecule has 0 N–H and O–H groups in total. The van der Waals surface area contributed by atoms with Crippen LogP contribution < -0.4 is 4.57 Å². The third-order valence-electron chi connectivity index (χ3n) is 6.07. The summed E-state index contributed by atoms with van der Waals surface area (Å²) < 4.78 is 4.57. The second-order valence-electron chi connectivity index (χ2n) is 8.94. The molecule has 154 valence electrons. The summed E-state index contributed by atoms with van der Waals surface area (Å²) >= 11 is 0. The SMILES string of the molecule is Cc1ccccc1-c1cc2c(c[n+]1C)nc(C)n2-c1c(C(C)C)cccc1C(C)C. The fraction of sp³-hybridized carbons (Fsp3) is 0.333. The van der Waals surface area contributed by atoms with Crippen LogP contribution in [0.2, 0.25) is 0 Å². The van der Waals surface area contributed by atoms with Crippen molar-refractivity contribution in [1.82, 2.24) is 9.55 Å². The molecular formula is C27H32N3+. The smallest absolute Gasteiger partial charge is 0.214 e. The highest BCUT2D eigenvalue weighted by molar-refractivity contribution is 5.81. The third-order valence-corrected chi connectivity index (χ3v) is 6.07. The molecule has 0 unspecified atom stereocenters. The molecular weight excluding hydrogens is 366 g/mol. The highest BCUT2D eigenvalue weighted by atomic mass is 15.1. The number of rotatable bonds is 4. The van der Waals surface area contributed by atoms with Crippen molar-refractivity contribution < 1.29 is 4.57 Å². The van der Waals surface area contributed by atoms with E-state index in [1.54, 1.807) is 0 Å². The lowest BCUT2D eigenvalue weighted by Gasteiger charge is -2.21. The van der Waals surface area contributed by atoms with Gasteiger partial charge < -0.3 is 0 Å². The molecule has 0 saturated heterocycles. The van der Waals surface area contributed by atoms with Crippen LogP contribution in [-0.2, 0) is 7.05 Å². The van der Waals surface area contributed by atoms with Crippen LogP contribution in [0.5, 0.6) is 0 Å². The lowest BCUT2D eigenvalue weighted by atomic mass is 9.92. The minimum atomic E-state index is 0.436. The molecule has 30 heavy (non-hydrogen) atoms. The van der Waals surface area contributed by atoms with Gasteiger partial charge in [-0.25, -0.2) is 4.98 Å². The second-order valence-corrected chi connectivity index (χ2v) is 8.94. The minimum Gasteiger partial charge on any atom is -0.295 e. The molecule has 0 bridgehead atoms. The summed E-state index contributed by atoms with van der Waals surface area (Å²) in [5.74, 6) is 1.90. The maximum Gasteiger partial charge on any atom is 0.214 e. The zero-order chi connectivity index (χ0) is 21.6. The van der Waals surface area contributed by atoms with Crippen LogP contribution >= 0.6 is 0 Å². The quantitative estimate of drug-likeness (QED) is 0.366. The Hall–Kier alpha value is -2.94. The first-order valence-electron chi connectivity index (χ1n) is 10.9. The van der Waals surface area contributed by atoms with E-state index < -0.39 is 0 Å². The van der Waals surface area contributed by atoms with Crippen LogP contribution in [0, 0.1) is 13.8 Å². The zero-order valence-electron chi connectivity index (χ0n) is 19.2. The number of aromatic nitrogens is 3. The van der Waals surface area contributed by atoms with Gasteiger partial charge in [-0.2, -0.15) is 4.57 Å². The number of nitrogens with zero attached hydrogens (tertiary/aromatic N) is 3. The van der Waals surface area contributed by atoms with Crippen LogP contribution in [-0.4, -0.2) is 9.55 Å². The largest absolute Gasteiger partial charge is 0.295 e. The molecule has 0 amide bonds. The van der Waals surface area contributed by atoms with E-state index in [1.807, 2.05) is 0 Å². The van der Waals surface area contributed by atoms with Gasteiger partial charge in [-0.05, 0) is 48.4 Å². The van der Waals surface area contributed by atoms with Gasteiger partial charge >= 0.3 is 0 Å². The number of pyridine rings is 1. The first-order chi connectivity index (χ1) is 14.3. The maximum atomic E-state index is 4.95. The minimum absolute atomic E-state index is 0.436. The van der Waals surface area contributed by atoms with Crippen molar-refractivity contribution in [2.75, 3.05) is 0 Å². The number of imidazole rings is 1. The van der Waals surface area contributed by atoms with Crippen molar-refractivity contribution in [2.24, 2.45) is 7.05 Å². The fourth-order valence-corrected chi connectivity index (χ4v) is 4.47. The molecule has 3 nitrogen and oxygen atoms in total. The van der Waals surface area contributed by atoms with Crippen LogP contribution in [0.1, 0.15) is 62.0 Å². The van der Waals surface area contributed by atoms with Crippen LogP contribution in [0.25, 0.3) is 28.0 Å². The van der Waals surface area contributed by atoms with Gasteiger partial charge in [-0.15, -0.1) is 0 Å². The normalized spacial score (nSPS) is 11.8. The number of benzene rings is 2. The molecule has 4 rings (SSSR count). The molecule has 0 saturated carbocycles. The van der Waals surface area contributed by atoms with Gasteiger partial charge in [0.1, 0.15) is 12.9 Å². The van der Waals surface area contributed by atoms with Crippen LogP contribution in [0.3, 0.4) is 0 Å². The van der Waals surface area contributed by atoms with Crippen LogP contribution in [0.4, 0.5) is 0 Å². The Labute approximate surface area is 180 Å². The number of hydrogen-bond donors (Lipinski definition) is 0. The first-order valence-corrected chi connectivity index (χ1v) is 10.9. The highest BCUT2D eigenvalue weighted by Gasteiger charge is 2.23. The molecule has 2 heterocycles. The summed E-state index contributed by atoms with van der Waals surface area (Å²) in [6.45, 7) is 13.4. The van der Waals surface area contributed by atoms with Crippen molar-refractivity contribution in [2.45, 2.75) is 53.4 Å². The van der Waals surface area contributed by atoms with Crippen molar-refractivity contribution >= 4 is 11.0 Å². The van der Waals surface area contributed by atoms with Gasteiger partial charge in [0.25, 0.3) is 0 Å². The fourth-order valence-electron chi connectivity index (χ4n) is 4.47. The summed E-state index contributed by atoms with van der Waals surface area (Å²) in [4.78, 5) is 4.95. The predicted molar refractivity (Wildman–Crippen MR) is 125 cm³/mol. The lowest BCUT2D eigenvalue weighted by molar-refractivity contribution is -0.659. The van der Waals surface area contributed by atoms with Gasteiger partial charge in [0.05, 0.1) is 11.2 Å². The summed E-state index contributed by atoms with van der Waals surface area (Å²) in [7, 11) is 2.11. The molecule has 0 aliphatic rings. The van der Waals surface area contributed by atoms with E-state index >= 15 is 0 Å². The molecule has 0 spiro atoms. The molecule has 4 aromatic rings. The molecule has 0 aliphatic carbocycles. The van der Waals surface area contributed by atoms with E-state index in [0.29, 0.717) is 11.8 Å². The number of hydrogen-bond acceptors (Lipinski definition) is 1. The Balaban J connectivity index is 2.08. The molecule has 2 aromatic carbocycles. The highest BCUT2D eigenvalue weighted by Crippen LogP contribution is 2.35. The average molecular weight is 399 g/mol. The molecule has 0 atom stereocenters. The summed E-state index contributed by atoms with van der Waals surface area (Å²) in [5, 5.41) is 0. The standard InChI is InChI=1S/C27H32N3/c1-17(2)21-13-10-14-22(18(3)4)27(21)30-20(6)28-24-16-29(7)25(15-26(24)30)23-12-9-8-11-19(23)5/h8-18H,1-7H3/q+1. The van der Waals surface area contributed by atoms with Gasteiger partial charge in [0.15, 0.2) is 11.7 Å². The van der Waals surface area contributed by atoms with E-state index in [1.165, 1.54) is 39.2 Å². The van der Waals surface area contributed by atoms with E-state index in [0.717, 1.165) is 11.3 Å². The molecule has 3 heteroatoms. The molecule has 0 radical (unpaired) electrons. The Morgan fingerprint density at radius 3 is 2.10 bits per heavy atom. The Morgan fingerprint density at radius 1 is 0.867 bits per heavy atom. The van der Waals surface area contributed by atoms with Gasteiger partial charge in [-0.1, -0.05) is 64.1 Å². The molecule has 0 fully saturated rings. The number of para-hydroxylation sites is 1. The lowest BCUT2D eigenvalue weighted by Crippen LogP contribution is -2.30.